The molecule has 0 saturated heterocycles. The molecule has 0 unspecified atom stereocenters. The van der Waals surface area contributed by atoms with E-state index < -0.39 is 32.5 Å². The Labute approximate surface area is 284 Å². The number of aliphatic carboxylic acids is 1. The van der Waals surface area contributed by atoms with E-state index in [0.29, 0.717) is 12.8 Å². The summed E-state index contributed by atoms with van der Waals surface area (Å²) in [4.78, 5) is 50.1. The summed E-state index contributed by atoms with van der Waals surface area (Å²) in [6, 6.07) is -1.41. The van der Waals surface area contributed by atoms with Crippen LogP contribution in [0.15, 0.2) is 0 Å². The zero-order valence-electron chi connectivity index (χ0n) is 29.4. The van der Waals surface area contributed by atoms with E-state index in [0.717, 1.165) is 38.5 Å². The number of rotatable bonds is 32. The average molecular weight is 698 g/mol. The molecule has 0 rings (SSSR count). The van der Waals surface area contributed by atoms with Crippen LogP contribution in [0.4, 0.5) is 0 Å². The van der Waals surface area contributed by atoms with Gasteiger partial charge < -0.3 is 35.2 Å². The zero-order chi connectivity index (χ0) is 35.6. The number of ether oxygens (including phenoxy) is 2. The lowest BCUT2D eigenvalue weighted by molar-refractivity contribution is -0.161. The molecule has 2 atom stereocenters. The fraction of sp³-hybridized carbons (Fsp3) is 0.912. The Morgan fingerprint density at radius 2 is 0.979 bits per heavy atom. The first-order valence-electron chi connectivity index (χ1n) is 18.1. The van der Waals surface area contributed by atoms with Gasteiger partial charge in [0.2, 0.25) is 0 Å². The summed E-state index contributed by atoms with van der Waals surface area (Å²) in [5.74, 6) is -1.96. The van der Waals surface area contributed by atoms with Gasteiger partial charge in [-0.1, -0.05) is 142 Å². The maximum absolute atomic E-state index is 12.0. The van der Waals surface area contributed by atoms with Crippen molar-refractivity contribution >= 4 is 25.7 Å². The molecular formula is C34H68NO11P. The van der Waals surface area contributed by atoms with Crippen LogP contribution in [0.25, 0.3) is 0 Å². The maximum Gasteiger partial charge on any atom is 0.469 e. The number of esters is 2. The van der Waals surface area contributed by atoms with Gasteiger partial charge in [0.05, 0.1) is 13.2 Å². The molecule has 0 amide bonds. The predicted octanol–water partition coefficient (Wildman–Crippen LogP) is 7.34. The lowest BCUT2D eigenvalue weighted by atomic mass is 10.1. The topological polar surface area (TPSA) is 203 Å². The van der Waals surface area contributed by atoms with Gasteiger partial charge in [-0.15, -0.1) is 0 Å². The number of phosphoric ester groups is 1. The van der Waals surface area contributed by atoms with Crippen molar-refractivity contribution < 1.29 is 52.9 Å². The molecule has 6 N–H and O–H groups in total. The van der Waals surface area contributed by atoms with Gasteiger partial charge in [0, 0.05) is 12.8 Å². The first-order valence-corrected chi connectivity index (χ1v) is 19.6. The van der Waals surface area contributed by atoms with Crippen LogP contribution in [0.2, 0.25) is 0 Å². The van der Waals surface area contributed by atoms with Crippen molar-refractivity contribution in [2.45, 2.75) is 180 Å². The van der Waals surface area contributed by atoms with Crippen molar-refractivity contribution in [3.05, 3.63) is 0 Å². The molecule has 0 aliphatic carbocycles. The van der Waals surface area contributed by atoms with Crippen molar-refractivity contribution in [2.75, 3.05) is 19.8 Å². The Bertz CT molecular complexity index is 794. The van der Waals surface area contributed by atoms with Gasteiger partial charge in [-0.25, -0.2) is 4.57 Å². The number of nitrogens with two attached hydrogens (primary N) is 1. The molecular weight excluding hydrogens is 629 g/mol. The van der Waals surface area contributed by atoms with Crippen LogP contribution in [-0.4, -0.2) is 69.9 Å². The Morgan fingerprint density at radius 1 is 0.617 bits per heavy atom. The number of phosphoric acid groups is 1. The number of aliphatic hydroxyl groups is 1. The normalized spacial score (nSPS) is 12.6. The van der Waals surface area contributed by atoms with E-state index in [2.05, 4.69) is 18.4 Å². The summed E-state index contributed by atoms with van der Waals surface area (Å²) in [5.41, 5.74) is 4.86. The molecule has 13 heteroatoms. The number of carboxylic acid groups (broad SMARTS) is 1. The molecule has 0 radical (unpaired) electrons. The lowest BCUT2D eigenvalue weighted by Crippen LogP contribution is -2.34. The van der Waals surface area contributed by atoms with Crippen LogP contribution in [0.3, 0.4) is 0 Å². The van der Waals surface area contributed by atoms with Crippen LogP contribution in [0.5, 0.6) is 0 Å². The molecule has 47 heavy (non-hydrogen) atoms. The molecule has 0 heterocycles. The number of hydrogen-bond donors (Lipinski definition) is 5. The van der Waals surface area contributed by atoms with Gasteiger partial charge >= 0.3 is 25.7 Å². The van der Waals surface area contributed by atoms with E-state index in [9.17, 15) is 24.1 Å². The van der Waals surface area contributed by atoms with Crippen molar-refractivity contribution in [1.29, 1.82) is 0 Å². The van der Waals surface area contributed by atoms with Gasteiger partial charge in [0.15, 0.2) is 6.10 Å². The van der Waals surface area contributed by atoms with Gasteiger partial charge in [-0.05, 0) is 12.8 Å². The highest BCUT2D eigenvalue weighted by Crippen LogP contribution is 2.35. The zero-order valence-corrected chi connectivity index (χ0v) is 30.3. The van der Waals surface area contributed by atoms with Crippen molar-refractivity contribution in [3.63, 3.8) is 0 Å². The van der Waals surface area contributed by atoms with E-state index in [1.807, 2.05) is 0 Å². The minimum atomic E-state index is -4.60. The van der Waals surface area contributed by atoms with E-state index in [1.165, 1.54) is 103 Å². The van der Waals surface area contributed by atoms with Crippen LogP contribution in [-0.2, 0) is 32.9 Å². The molecule has 0 spiro atoms. The molecule has 0 bridgehead atoms. The van der Waals surface area contributed by atoms with E-state index in [4.69, 9.17) is 30.1 Å². The molecule has 0 fully saturated rings. The van der Waals surface area contributed by atoms with Crippen molar-refractivity contribution in [1.82, 2.24) is 0 Å². The number of aliphatic hydroxyl groups excluding tert-OH is 1. The van der Waals surface area contributed by atoms with E-state index in [-0.39, 0.29) is 25.2 Å². The minimum absolute atomic E-state index is 0.0582. The highest BCUT2D eigenvalue weighted by atomic mass is 31.2. The molecule has 0 saturated carbocycles. The van der Waals surface area contributed by atoms with Gasteiger partial charge in [0.1, 0.15) is 12.6 Å². The summed E-state index contributed by atoms with van der Waals surface area (Å²) >= 11 is 0. The Balaban J connectivity index is 0. The number of hydrogen-bond acceptors (Lipinski definition) is 9. The Morgan fingerprint density at radius 3 is 1.32 bits per heavy atom. The smallest absolute Gasteiger partial charge is 0.469 e. The molecule has 0 aromatic carbocycles. The van der Waals surface area contributed by atoms with Crippen LogP contribution in [0.1, 0.15) is 168 Å². The number of carbonyl (C=O) groups excluding carboxylic acids is 2. The van der Waals surface area contributed by atoms with Gasteiger partial charge in [0.25, 0.3) is 0 Å². The van der Waals surface area contributed by atoms with Crippen molar-refractivity contribution in [2.24, 2.45) is 5.73 Å². The molecule has 0 aromatic rings. The second-order valence-electron chi connectivity index (χ2n) is 12.3. The minimum Gasteiger partial charge on any atom is -0.480 e. The van der Waals surface area contributed by atoms with Crippen LogP contribution in [0, 0.1) is 0 Å². The molecule has 0 aliphatic rings. The highest BCUT2D eigenvalue weighted by Gasteiger charge is 2.19. The van der Waals surface area contributed by atoms with Gasteiger partial charge in [-0.3, -0.25) is 18.9 Å². The second kappa shape index (κ2) is 34.3. The summed E-state index contributed by atoms with van der Waals surface area (Å²) in [6.07, 6.45) is 27.2. The lowest BCUT2D eigenvalue weighted by Gasteiger charge is -2.15. The highest BCUT2D eigenvalue weighted by molar-refractivity contribution is 7.46. The first-order chi connectivity index (χ1) is 22.5. The summed E-state index contributed by atoms with van der Waals surface area (Å²) < 4.78 is 24.3. The second-order valence-corrected chi connectivity index (χ2v) is 13.5. The van der Waals surface area contributed by atoms with Crippen LogP contribution < -0.4 is 5.73 Å². The maximum atomic E-state index is 12.0. The molecule has 12 nitrogen and oxygen atoms in total. The Kier molecular flexibility index (Phi) is 34.7. The predicted molar refractivity (Wildman–Crippen MR) is 184 cm³/mol. The fourth-order valence-electron chi connectivity index (χ4n) is 4.74. The fourth-order valence-corrected chi connectivity index (χ4v) is 5.10. The monoisotopic (exact) mass is 697 g/mol. The average Bonchev–Trinajstić information content (AvgIpc) is 3.03. The first kappa shape index (κ1) is 47.6. The van der Waals surface area contributed by atoms with Crippen molar-refractivity contribution in [3.8, 4) is 0 Å². The molecule has 0 aliphatic heterocycles. The molecule has 0 aromatic heterocycles. The van der Waals surface area contributed by atoms with Gasteiger partial charge in [-0.2, -0.15) is 0 Å². The van der Waals surface area contributed by atoms with E-state index in [1.54, 1.807) is 0 Å². The SMILES string of the molecule is CCCCCCCCCCCCCC(=O)OC[C@H](CO)OC(=O)CCCCCCCCCCCCC.N[C@@H](COP(=O)(O)O)C(=O)O. The quantitative estimate of drug-likeness (QED) is 0.0266. The van der Waals surface area contributed by atoms with E-state index >= 15 is 0 Å². The summed E-state index contributed by atoms with van der Waals surface area (Å²) in [7, 11) is -4.60. The number of unbranched alkanes of at least 4 members (excludes halogenated alkanes) is 20. The number of carboxylic acids is 1. The molecule has 280 valence electrons. The summed E-state index contributed by atoms with van der Waals surface area (Å²) in [5, 5.41) is 17.6. The largest absolute Gasteiger partial charge is 0.480 e. The standard InChI is InChI=1S/C31H60O5.C3H8NO6P/c1-3-5-7-9-11-13-15-17-19-21-23-25-30(33)35-28-29(27-32)36-31(34)26-24-22-20-18-16-14-12-10-8-6-4-2;4-2(3(5)6)1-10-11(7,8)9/h29,32H,3-28H2,1-2H3;2H,1,4H2,(H,5,6)(H2,7,8,9)/t29-;2-/m00/s1. The third kappa shape index (κ3) is 38.8. The third-order valence-electron chi connectivity index (χ3n) is 7.64. The number of carbonyl (C=O) groups is 3. The third-order valence-corrected chi connectivity index (χ3v) is 8.13. The summed E-state index contributed by atoms with van der Waals surface area (Å²) in [6.45, 7) is 3.40. The van der Waals surface area contributed by atoms with Crippen LogP contribution >= 0.6 is 7.82 Å². The Hall–Kier alpha value is -1.56.